The third kappa shape index (κ3) is 3.70. The Hall–Kier alpha value is -1.23. The number of aliphatic hydroxyl groups excluding tert-OH is 1. The molecule has 3 unspecified atom stereocenters. The van der Waals surface area contributed by atoms with E-state index >= 15 is 0 Å². The number of nitrogens with two attached hydrogens (primary N) is 1. The van der Waals surface area contributed by atoms with Crippen molar-refractivity contribution in [2.45, 2.75) is 45.4 Å². The second kappa shape index (κ2) is 5.87. The van der Waals surface area contributed by atoms with Gasteiger partial charge in [-0.2, -0.15) is 13.2 Å². The van der Waals surface area contributed by atoms with Crippen molar-refractivity contribution < 1.29 is 18.3 Å². The number of anilines is 1. The highest BCUT2D eigenvalue weighted by Gasteiger charge is 2.34. The molecule has 0 saturated heterocycles. The molecule has 3 N–H and O–H groups in total. The summed E-state index contributed by atoms with van der Waals surface area (Å²) in [6, 6.07) is 3.18. The SMILES string of the molecule is CC1CC(C)CC(C(O)c2cc(C(F)(F)F)ccc2N)C1. The standard InChI is InChI=1S/C16H22F3NO/c1-9-5-10(2)7-11(6-9)15(21)13-8-12(16(17,18)19)3-4-14(13)20/h3-4,8-11,15,21H,5-7,20H2,1-2H3. The van der Waals surface area contributed by atoms with Crippen LogP contribution in [0.5, 0.6) is 0 Å². The normalized spacial score (nSPS) is 28.4. The Morgan fingerprint density at radius 1 is 1.14 bits per heavy atom. The molecule has 0 bridgehead atoms. The summed E-state index contributed by atoms with van der Waals surface area (Å²) in [7, 11) is 0. The van der Waals surface area contributed by atoms with Crippen molar-refractivity contribution in [3.8, 4) is 0 Å². The average Bonchev–Trinajstić information content (AvgIpc) is 2.36. The molecule has 0 aromatic heterocycles. The van der Waals surface area contributed by atoms with Gasteiger partial charge in [0.1, 0.15) is 0 Å². The molecule has 0 heterocycles. The lowest BCUT2D eigenvalue weighted by molar-refractivity contribution is -0.137. The van der Waals surface area contributed by atoms with E-state index in [-0.39, 0.29) is 17.2 Å². The Bertz CT molecular complexity index is 491. The molecule has 1 saturated carbocycles. The van der Waals surface area contributed by atoms with Gasteiger partial charge >= 0.3 is 6.18 Å². The molecular formula is C16H22F3NO. The quantitative estimate of drug-likeness (QED) is 0.796. The molecule has 0 aliphatic heterocycles. The van der Waals surface area contributed by atoms with Crippen molar-refractivity contribution in [1.29, 1.82) is 0 Å². The van der Waals surface area contributed by atoms with Crippen LogP contribution in [0, 0.1) is 17.8 Å². The van der Waals surface area contributed by atoms with Gasteiger partial charge in [-0.1, -0.05) is 13.8 Å². The Balaban J connectivity index is 2.28. The van der Waals surface area contributed by atoms with E-state index in [9.17, 15) is 18.3 Å². The summed E-state index contributed by atoms with van der Waals surface area (Å²) in [4.78, 5) is 0. The summed E-state index contributed by atoms with van der Waals surface area (Å²) in [6.45, 7) is 4.23. The molecule has 3 atom stereocenters. The lowest BCUT2D eigenvalue weighted by Crippen LogP contribution is -2.25. The minimum atomic E-state index is -4.42. The average molecular weight is 301 g/mol. The van der Waals surface area contributed by atoms with Crippen molar-refractivity contribution in [3.63, 3.8) is 0 Å². The van der Waals surface area contributed by atoms with E-state index < -0.39 is 17.8 Å². The van der Waals surface area contributed by atoms with Gasteiger partial charge < -0.3 is 10.8 Å². The fraction of sp³-hybridized carbons (Fsp3) is 0.625. The molecule has 1 aromatic rings. The van der Waals surface area contributed by atoms with Gasteiger partial charge in [-0.25, -0.2) is 0 Å². The fourth-order valence-corrected chi connectivity index (χ4v) is 3.53. The highest BCUT2D eigenvalue weighted by atomic mass is 19.4. The second-order valence-electron chi connectivity index (χ2n) is 6.46. The van der Waals surface area contributed by atoms with Gasteiger partial charge in [-0.3, -0.25) is 0 Å². The van der Waals surface area contributed by atoms with Gasteiger partial charge in [0, 0.05) is 11.3 Å². The zero-order valence-corrected chi connectivity index (χ0v) is 12.3. The first-order chi connectivity index (χ1) is 9.68. The minimum absolute atomic E-state index is 0.0328. The van der Waals surface area contributed by atoms with E-state index in [2.05, 4.69) is 13.8 Å². The molecule has 0 amide bonds. The number of alkyl halides is 3. The van der Waals surface area contributed by atoms with Crippen molar-refractivity contribution in [2.24, 2.45) is 17.8 Å². The van der Waals surface area contributed by atoms with Crippen LogP contribution >= 0.6 is 0 Å². The zero-order chi connectivity index (χ0) is 15.8. The van der Waals surface area contributed by atoms with Crippen LogP contribution in [0.4, 0.5) is 18.9 Å². The molecule has 2 nitrogen and oxygen atoms in total. The van der Waals surface area contributed by atoms with E-state index in [0.717, 1.165) is 31.4 Å². The molecule has 5 heteroatoms. The minimum Gasteiger partial charge on any atom is -0.398 e. The van der Waals surface area contributed by atoms with Crippen LogP contribution in [-0.2, 0) is 6.18 Å². The molecule has 118 valence electrons. The van der Waals surface area contributed by atoms with E-state index in [0.29, 0.717) is 11.8 Å². The van der Waals surface area contributed by atoms with E-state index in [1.165, 1.54) is 6.07 Å². The molecule has 1 aromatic carbocycles. The van der Waals surface area contributed by atoms with Gasteiger partial charge in [0.25, 0.3) is 0 Å². The Morgan fingerprint density at radius 2 is 1.71 bits per heavy atom. The topological polar surface area (TPSA) is 46.2 Å². The second-order valence-corrected chi connectivity index (χ2v) is 6.46. The van der Waals surface area contributed by atoms with E-state index in [1.807, 2.05) is 0 Å². The van der Waals surface area contributed by atoms with Crippen molar-refractivity contribution >= 4 is 5.69 Å². The summed E-state index contributed by atoms with van der Waals surface area (Å²) in [5.41, 5.74) is 5.45. The maximum atomic E-state index is 12.8. The molecular weight excluding hydrogens is 279 g/mol. The monoisotopic (exact) mass is 301 g/mol. The Morgan fingerprint density at radius 3 is 2.24 bits per heavy atom. The third-order valence-corrected chi connectivity index (χ3v) is 4.39. The summed E-state index contributed by atoms with van der Waals surface area (Å²) in [5, 5.41) is 10.5. The maximum Gasteiger partial charge on any atom is 0.416 e. The van der Waals surface area contributed by atoms with Crippen molar-refractivity contribution in [3.05, 3.63) is 29.3 Å². The predicted octanol–water partition coefficient (Wildman–Crippen LogP) is 4.39. The molecule has 0 radical (unpaired) electrons. The predicted molar refractivity (Wildman–Crippen MR) is 76.5 cm³/mol. The first-order valence-corrected chi connectivity index (χ1v) is 7.33. The summed E-state index contributed by atoms with van der Waals surface area (Å²) < 4.78 is 38.4. The smallest absolute Gasteiger partial charge is 0.398 e. The molecule has 1 aliphatic carbocycles. The number of aliphatic hydroxyl groups is 1. The summed E-state index contributed by atoms with van der Waals surface area (Å²) in [5.74, 6) is 0.912. The lowest BCUT2D eigenvalue weighted by Gasteiger charge is -2.35. The van der Waals surface area contributed by atoms with Gasteiger partial charge in [0.2, 0.25) is 0 Å². The molecule has 21 heavy (non-hydrogen) atoms. The molecule has 1 fully saturated rings. The first kappa shape index (κ1) is 16.1. The Kier molecular flexibility index (Phi) is 4.51. The van der Waals surface area contributed by atoms with Crippen LogP contribution < -0.4 is 5.73 Å². The van der Waals surface area contributed by atoms with Gasteiger partial charge in [-0.05, 0) is 55.2 Å². The van der Waals surface area contributed by atoms with Crippen LogP contribution in [0.3, 0.4) is 0 Å². The molecule has 0 spiro atoms. The number of rotatable bonds is 2. The highest BCUT2D eigenvalue weighted by Crippen LogP contribution is 2.42. The zero-order valence-electron chi connectivity index (χ0n) is 12.3. The van der Waals surface area contributed by atoms with Crippen LogP contribution in [0.25, 0.3) is 0 Å². The van der Waals surface area contributed by atoms with Gasteiger partial charge in [-0.15, -0.1) is 0 Å². The third-order valence-electron chi connectivity index (χ3n) is 4.39. The first-order valence-electron chi connectivity index (χ1n) is 7.33. The van der Waals surface area contributed by atoms with Crippen LogP contribution in [-0.4, -0.2) is 5.11 Å². The number of hydrogen-bond donors (Lipinski definition) is 2. The fourth-order valence-electron chi connectivity index (χ4n) is 3.53. The van der Waals surface area contributed by atoms with Crippen LogP contribution in [0.1, 0.15) is 50.3 Å². The molecule has 1 aliphatic rings. The summed E-state index contributed by atoms with van der Waals surface area (Å²) >= 11 is 0. The van der Waals surface area contributed by atoms with Gasteiger partial charge in [0.15, 0.2) is 0 Å². The summed E-state index contributed by atoms with van der Waals surface area (Å²) in [6.07, 6.45) is -2.61. The van der Waals surface area contributed by atoms with Crippen LogP contribution in [0.2, 0.25) is 0 Å². The largest absolute Gasteiger partial charge is 0.416 e. The number of halogens is 3. The van der Waals surface area contributed by atoms with Gasteiger partial charge in [0.05, 0.1) is 11.7 Å². The highest BCUT2D eigenvalue weighted by molar-refractivity contribution is 5.50. The van der Waals surface area contributed by atoms with Crippen molar-refractivity contribution in [2.75, 3.05) is 5.73 Å². The number of hydrogen-bond acceptors (Lipinski definition) is 2. The number of nitrogen functional groups attached to an aromatic ring is 1. The molecule has 2 rings (SSSR count). The Labute approximate surface area is 123 Å². The van der Waals surface area contributed by atoms with Crippen LogP contribution in [0.15, 0.2) is 18.2 Å². The maximum absolute atomic E-state index is 12.8. The number of benzene rings is 1. The lowest BCUT2D eigenvalue weighted by atomic mass is 9.73. The van der Waals surface area contributed by atoms with E-state index in [1.54, 1.807) is 0 Å². The van der Waals surface area contributed by atoms with E-state index in [4.69, 9.17) is 5.73 Å². The van der Waals surface area contributed by atoms with Crippen molar-refractivity contribution in [1.82, 2.24) is 0 Å².